The van der Waals surface area contributed by atoms with Crippen LogP contribution in [0.3, 0.4) is 0 Å². The molecule has 1 aromatic rings. The highest BCUT2D eigenvalue weighted by Gasteiger charge is 2.21. The number of nitrogens with one attached hydrogen (secondary N) is 2. The van der Waals surface area contributed by atoms with Crippen LogP contribution in [0, 0.1) is 0 Å². The van der Waals surface area contributed by atoms with Gasteiger partial charge in [-0.15, -0.1) is 12.4 Å². The fourth-order valence-corrected chi connectivity index (χ4v) is 3.44. The molecule has 0 bridgehead atoms. The normalized spacial score (nSPS) is 20.2. The summed E-state index contributed by atoms with van der Waals surface area (Å²) in [6.07, 6.45) is 1.86. The lowest BCUT2D eigenvalue weighted by molar-refractivity contribution is 0.428. The minimum absolute atomic E-state index is 0. The third-order valence-electron chi connectivity index (χ3n) is 2.73. The van der Waals surface area contributed by atoms with Crippen LogP contribution in [0.2, 0.25) is 5.02 Å². The predicted molar refractivity (Wildman–Crippen MR) is 74.9 cm³/mol. The van der Waals surface area contributed by atoms with E-state index in [2.05, 4.69) is 10.0 Å². The van der Waals surface area contributed by atoms with Crippen LogP contribution in [0.15, 0.2) is 29.2 Å². The largest absolute Gasteiger partial charge is 0.315 e. The first-order valence-electron chi connectivity index (χ1n) is 5.56. The minimum atomic E-state index is -3.46. The van der Waals surface area contributed by atoms with Gasteiger partial charge in [0.15, 0.2) is 0 Å². The number of hydrogen-bond acceptors (Lipinski definition) is 3. The van der Waals surface area contributed by atoms with Crippen LogP contribution >= 0.6 is 24.0 Å². The zero-order chi connectivity index (χ0) is 12.3. The van der Waals surface area contributed by atoms with E-state index in [1.807, 2.05) is 0 Å². The van der Waals surface area contributed by atoms with Crippen molar-refractivity contribution in [3.63, 3.8) is 0 Å². The summed E-state index contributed by atoms with van der Waals surface area (Å²) in [6.45, 7) is 1.63. The molecule has 1 fully saturated rings. The summed E-state index contributed by atoms with van der Waals surface area (Å²) >= 11 is 5.79. The molecule has 0 aliphatic carbocycles. The summed E-state index contributed by atoms with van der Waals surface area (Å²) in [5.74, 6) is 0. The second-order valence-corrected chi connectivity index (χ2v) is 6.27. The van der Waals surface area contributed by atoms with Crippen LogP contribution in [0.25, 0.3) is 0 Å². The van der Waals surface area contributed by atoms with E-state index in [0.29, 0.717) is 11.6 Å². The summed E-state index contributed by atoms with van der Waals surface area (Å²) in [4.78, 5) is 0.218. The Kier molecular flexibility index (Phi) is 5.88. The van der Waals surface area contributed by atoms with Crippen molar-refractivity contribution in [1.82, 2.24) is 10.0 Å². The van der Waals surface area contributed by atoms with E-state index >= 15 is 0 Å². The van der Waals surface area contributed by atoms with Crippen LogP contribution in [0.1, 0.15) is 12.8 Å². The third kappa shape index (κ3) is 4.10. The number of piperidine rings is 1. The Morgan fingerprint density at radius 2 is 2.17 bits per heavy atom. The molecule has 2 N–H and O–H groups in total. The molecular formula is C11H16Cl2N2O2S. The van der Waals surface area contributed by atoms with Gasteiger partial charge in [-0.1, -0.05) is 17.7 Å². The van der Waals surface area contributed by atoms with Crippen molar-refractivity contribution in [3.8, 4) is 0 Å². The van der Waals surface area contributed by atoms with E-state index in [9.17, 15) is 8.42 Å². The maximum absolute atomic E-state index is 12.1. The summed E-state index contributed by atoms with van der Waals surface area (Å²) in [5.41, 5.74) is 0. The van der Waals surface area contributed by atoms with Crippen LogP contribution < -0.4 is 10.0 Å². The van der Waals surface area contributed by atoms with E-state index in [4.69, 9.17) is 11.6 Å². The summed E-state index contributed by atoms with van der Waals surface area (Å²) < 4.78 is 26.8. The minimum Gasteiger partial charge on any atom is -0.315 e. The molecule has 0 saturated carbocycles. The van der Waals surface area contributed by atoms with Gasteiger partial charge in [0, 0.05) is 17.6 Å². The van der Waals surface area contributed by atoms with Gasteiger partial charge in [-0.3, -0.25) is 0 Å². The van der Waals surface area contributed by atoms with Crippen molar-refractivity contribution < 1.29 is 8.42 Å². The zero-order valence-electron chi connectivity index (χ0n) is 9.73. The van der Waals surface area contributed by atoms with Gasteiger partial charge in [0.2, 0.25) is 10.0 Å². The lowest BCUT2D eigenvalue weighted by atomic mass is 10.1. The second kappa shape index (κ2) is 6.73. The zero-order valence-corrected chi connectivity index (χ0v) is 12.1. The van der Waals surface area contributed by atoms with Crippen LogP contribution in [-0.2, 0) is 10.0 Å². The van der Waals surface area contributed by atoms with Gasteiger partial charge in [0.25, 0.3) is 0 Å². The Balaban J connectivity index is 0.00000162. The molecule has 1 aromatic carbocycles. The highest BCUT2D eigenvalue weighted by molar-refractivity contribution is 7.89. The Labute approximate surface area is 119 Å². The number of hydrogen-bond donors (Lipinski definition) is 2. The molecule has 0 spiro atoms. The Bertz CT molecular complexity index is 488. The molecule has 18 heavy (non-hydrogen) atoms. The highest BCUT2D eigenvalue weighted by atomic mass is 35.5. The number of rotatable bonds is 3. The van der Waals surface area contributed by atoms with Crippen LogP contribution in [0.4, 0.5) is 0 Å². The van der Waals surface area contributed by atoms with Crippen molar-refractivity contribution in [2.45, 2.75) is 23.8 Å². The predicted octanol–water partition coefficient (Wildman–Crippen LogP) is 1.79. The third-order valence-corrected chi connectivity index (χ3v) is 4.48. The lowest BCUT2D eigenvalue weighted by Crippen LogP contribution is -2.45. The molecule has 1 saturated heterocycles. The van der Waals surface area contributed by atoms with Gasteiger partial charge in [0.1, 0.15) is 0 Å². The lowest BCUT2D eigenvalue weighted by Gasteiger charge is -2.23. The summed E-state index contributed by atoms with van der Waals surface area (Å²) in [5, 5.41) is 3.59. The second-order valence-electron chi connectivity index (χ2n) is 4.12. The van der Waals surface area contributed by atoms with E-state index in [1.165, 1.54) is 6.07 Å². The number of sulfonamides is 1. The van der Waals surface area contributed by atoms with Gasteiger partial charge in [-0.25, -0.2) is 13.1 Å². The molecule has 102 valence electrons. The van der Waals surface area contributed by atoms with Crippen molar-refractivity contribution >= 4 is 34.0 Å². The number of halogens is 2. The monoisotopic (exact) mass is 310 g/mol. The smallest absolute Gasteiger partial charge is 0.240 e. The molecule has 4 nitrogen and oxygen atoms in total. The van der Waals surface area contributed by atoms with Crippen LogP contribution in [0.5, 0.6) is 0 Å². The molecule has 2 rings (SSSR count). The van der Waals surface area contributed by atoms with E-state index in [1.54, 1.807) is 18.2 Å². The fraction of sp³-hybridized carbons (Fsp3) is 0.455. The molecule has 1 unspecified atom stereocenters. The molecule has 1 aliphatic rings. The SMILES string of the molecule is Cl.O=S(=O)(NC1CCCNC1)c1cccc(Cl)c1. The number of benzene rings is 1. The van der Waals surface area contributed by atoms with Gasteiger partial charge in [-0.05, 0) is 37.6 Å². The van der Waals surface area contributed by atoms with Crippen LogP contribution in [-0.4, -0.2) is 27.5 Å². The van der Waals surface area contributed by atoms with Gasteiger partial charge >= 0.3 is 0 Å². The van der Waals surface area contributed by atoms with Gasteiger partial charge < -0.3 is 5.32 Å². The first-order valence-corrected chi connectivity index (χ1v) is 7.43. The topological polar surface area (TPSA) is 58.2 Å². The summed E-state index contributed by atoms with van der Waals surface area (Å²) in [7, 11) is -3.46. The molecule has 1 aliphatic heterocycles. The molecule has 0 aromatic heterocycles. The maximum atomic E-state index is 12.1. The Morgan fingerprint density at radius 3 is 2.78 bits per heavy atom. The standard InChI is InChI=1S/C11H15ClN2O2S.ClH/c12-9-3-1-5-11(7-9)17(15,16)14-10-4-2-6-13-8-10;/h1,3,5,7,10,13-14H,2,4,6,8H2;1H. The van der Waals surface area contributed by atoms with E-state index < -0.39 is 10.0 Å². The van der Waals surface area contributed by atoms with Gasteiger partial charge in [0.05, 0.1) is 4.90 Å². The molecule has 0 amide bonds. The molecule has 0 radical (unpaired) electrons. The maximum Gasteiger partial charge on any atom is 0.240 e. The highest BCUT2D eigenvalue weighted by Crippen LogP contribution is 2.16. The molecule has 7 heteroatoms. The van der Waals surface area contributed by atoms with E-state index in [0.717, 1.165) is 19.4 Å². The van der Waals surface area contributed by atoms with Crippen molar-refractivity contribution in [2.24, 2.45) is 0 Å². The Hall–Kier alpha value is -0.330. The van der Waals surface area contributed by atoms with Crippen molar-refractivity contribution in [1.29, 1.82) is 0 Å². The first-order chi connectivity index (χ1) is 8.08. The van der Waals surface area contributed by atoms with Crippen molar-refractivity contribution in [3.05, 3.63) is 29.3 Å². The van der Waals surface area contributed by atoms with Gasteiger partial charge in [-0.2, -0.15) is 0 Å². The quantitative estimate of drug-likeness (QED) is 0.895. The summed E-state index contributed by atoms with van der Waals surface area (Å²) in [6, 6.07) is 6.26. The average molecular weight is 311 g/mol. The molecule has 1 atom stereocenters. The first kappa shape index (κ1) is 15.7. The molecule has 1 heterocycles. The average Bonchev–Trinajstić information content (AvgIpc) is 2.30. The fourth-order valence-electron chi connectivity index (χ4n) is 1.87. The van der Waals surface area contributed by atoms with E-state index in [-0.39, 0.29) is 23.3 Å². The molecular weight excluding hydrogens is 295 g/mol. The van der Waals surface area contributed by atoms with Crippen molar-refractivity contribution in [2.75, 3.05) is 13.1 Å². The Morgan fingerprint density at radius 1 is 1.39 bits per heavy atom.